The van der Waals surface area contributed by atoms with E-state index in [4.69, 9.17) is 0 Å². The van der Waals surface area contributed by atoms with Crippen LogP contribution in [0.5, 0.6) is 0 Å². The standard InChI is InChI=1S/C18H19N3O/c1-14-8-10-15(11-9-14)17-19-12-5-13-20(19)18(22)21(17)16-6-3-2-4-7-16/h2-4,6-11,17H,5,12-13H2,1H3/t17-/m1/s1. The van der Waals surface area contributed by atoms with E-state index in [-0.39, 0.29) is 12.2 Å². The van der Waals surface area contributed by atoms with E-state index in [1.165, 1.54) is 5.56 Å². The fourth-order valence-electron chi connectivity index (χ4n) is 3.35. The summed E-state index contributed by atoms with van der Waals surface area (Å²) in [7, 11) is 0. The number of anilines is 1. The van der Waals surface area contributed by atoms with Gasteiger partial charge < -0.3 is 0 Å². The van der Waals surface area contributed by atoms with Crippen LogP contribution in [0.1, 0.15) is 23.7 Å². The van der Waals surface area contributed by atoms with E-state index in [2.05, 4.69) is 36.2 Å². The molecule has 0 unspecified atom stereocenters. The summed E-state index contributed by atoms with van der Waals surface area (Å²) in [4.78, 5) is 14.8. The molecule has 0 aromatic heterocycles. The summed E-state index contributed by atoms with van der Waals surface area (Å²) in [6, 6.07) is 18.5. The Morgan fingerprint density at radius 1 is 0.955 bits per heavy atom. The largest absolute Gasteiger partial charge is 0.340 e. The zero-order valence-electron chi connectivity index (χ0n) is 12.6. The molecule has 0 aliphatic carbocycles. The lowest BCUT2D eigenvalue weighted by Gasteiger charge is -2.28. The molecule has 1 atom stereocenters. The highest BCUT2D eigenvalue weighted by Crippen LogP contribution is 2.40. The number of amides is 2. The third kappa shape index (κ3) is 1.99. The number of aryl methyl sites for hydroxylation is 1. The Morgan fingerprint density at radius 3 is 2.41 bits per heavy atom. The van der Waals surface area contributed by atoms with Gasteiger partial charge in [-0.2, -0.15) is 5.01 Å². The second-order valence-corrected chi connectivity index (χ2v) is 5.91. The van der Waals surface area contributed by atoms with Crippen molar-refractivity contribution in [1.29, 1.82) is 0 Å². The van der Waals surface area contributed by atoms with Gasteiger partial charge >= 0.3 is 6.03 Å². The minimum Gasteiger partial charge on any atom is -0.271 e. The Balaban J connectivity index is 1.80. The highest BCUT2D eigenvalue weighted by molar-refractivity contribution is 5.94. The predicted molar refractivity (Wildman–Crippen MR) is 86.3 cm³/mol. The fourth-order valence-corrected chi connectivity index (χ4v) is 3.35. The van der Waals surface area contributed by atoms with Crippen molar-refractivity contribution in [3.63, 3.8) is 0 Å². The number of benzene rings is 2. The topological polar surface area (TPSA) is 26.8 Å². The van der Waals surface area contributed by atoms with Crippen LogP contribution in [0.25, 0.3) is 0 Å². The molecule has 0 bridgehead atoms. The maximum Gasteiger partial charge on any atom is 0.340 e. The Hall–Kier alpha value is -2.33. The van der Waals surface area contributed by atoms with Gasteiger partial charge in [0, 0.05) is 18.8 Å². The number of para-hydroxylation sites is 1. The van der Waals surface area contributed by atoms with Crippen molar-refractivity contribution < 1.29 is 4.79 Å². The van der Waals surface area contributed by atoms with Gasteiger partial charge in [-0.15, -0.1) is 0 Å². The Morgan fingerprint density at radius 2 is 1.68 bits per heavy atom. The molecule has 0 N–H and O–H groups in total. The van der Waals surface area contributed by atoms with Gasteiger partial charge in [0.15, 0.2) is 0 Å². The second-order valence-electron chi connectivity index (χ2n) is 5.91. The molecule has 2 amide bonds. The minimum absolute atomic E-state index is 0.0435. The monoisotopic (exact) mass is 293 g/mol. The van der Waals surface area contributed by atoms with E-state index >= 15 is 0 Å². The van der Waals surface area contributed by atoms with Crippen LogP contribution in [0.15, 0.2) is 54.6 Å². The van der Waals surface area contributed by atoms with Gasteiger partial charge in [0.1, 0.15) is 6.17 Å². The molecule has 2 aromatic carbocycles. The molecule has 4 rings (SSSR count). The summed E-state index contributed by atoms with van der Waals surface area (Å²) in [5.41, 5.74) is 3.34. The van der Waals surface area contributed by atoms with E-state index in [0.29, 0.717) is 0 Å². The van der Waals surface area contributed by atoms with Gasteiger partial charge in [0.05, 0.1) is 0 Å². The third-order valence-corrected chi connectivity index (χ3v) is 4.43. The van der Waals surface area contributed by atoms with Crippen LogP contribution in [-0.4, -0.2) is 29.1 Å². The van der Waals surface area contributed by atoms with Gasteiger partial charge in [-0.05, 0) is 31.0 Å². The minimum atomic E-state index is -0.0435. The quantitative estimate of drug-likeness (QED) is 0.846. The van der Waals surface area contributed by atoms with Crippen LogP contribution >= 0.6 is 0 Å². The highest BCUT2D eigenvalue weighted by atomic mass is 16.2. The first kappa shape index (κ1) is 13.3. The summed E-state index contributed by atoms with van der Waals surface area (Å²) in [6.07, 6.45) is 0.995. The SMILES string of the molecule is Cc1ccc([C@H]2N(c3ccccc3)C(=O)N3CCCN23)cc1. The molecule has 0 radical (unpaired) electrons. The second kappa shape index (κ2) is 5.14. The van der Waals surface area contributed by atoms with Crippen LogP contribution in [0.3, 0.4) is 0 Å². The zero-order valence-corrected chi connectivity index (χ0v) is 12.6. The summed E-state index contributed by atoms with van der Waals surface area (Å²) in [6.45, 7) is 3.82. The summed E-state index contributed by atoms with van der Waals surface area (Å²) in [5.74, 6) is 0. The first-order chi connectivity index (χ1) is 10.8. The Bertz CT molecular complexity index is 683. The highest BCUT2D eigenvalue weighted by Gasteiger charge is 2.47. The number of nitrogens with zero attached hydrogens (tertiary/aromatic N) is 3. The summed E-state index contributed by atoms with van der Waals surface area (Å²) in [5, 5.41) is 4.08. The molecule has 112 valence electrons. The van der Waals surface area contributed by atoms with Crippen molar-refractivity contribution in [2.45, 2.75) is 19.5 Å². The molecule has 2 aromatic rings. The fraction of sp³-hybridized carbons (Fsp3) is 0.278. The van der Waals surface area contributed by atoms with E-state index in [0.717, 1.165) is 30.8 Å². The van der Waals surface area contributed by atoms with Crippen molar-refractivity contribution in [1.82, 2.24) is 10.0 Å². The average molecular weight is 293 g/mol. The molecular weight excluding hydrogens is 274 g/mol. The number of hydrogen-bond acceptors (Lipinski definition) is 2. The molecule has 2 heterocycles. The third-order valence-electron chi connectivity index (χ3n) is 4.43. The average Bonchev–Trinajstić information content (AvgIpc) is 3.12. The van der Waals surface area contributed by atoms with Crippen molar-refractivity contribution in [2.75, 3.05) is 18.0 Å². The Kier molecular flexibility index (Phi) is 3.12. The predicted octanol–water partition coefficient (Wildman–Crippen LogP) is 3.56. The lowest BCUT2D eigenvalue weighted by Crippen LogP contribution is -2.32. The number of hydrazine groups is 1. The van der Waals surface area contributed by atoms with E-state index in [1.807, 2.05) is 40.2 Å². The number of carbonyl (C=O) groups excluding carboxylic acids is 1. The van der Waals surface area contributed by atoms with E-state index < -0.39 is 0 Å². The van der Waals surface area contributed by atoms with Gasteiger partial charge in [-0.3, -0.25) is 9.91 Å². The summed E-state index contributed by atoms with van der Waals surface area (Å²) >= 11 is 0. The van der Waals surface area contributed by atoms with Crippen molar-refractivity contribution >= 4 is 11.7 Å². The molecule has 2 fully saturated rings. The molecule has 2 saturated heterocycles. The first-order valence-corrected chi connectivity index (χ1v) is 7.74. The van der Waals surface area contributed by atoms with E-state index in [1.54, 1.807) is 0 Å². The lowest BCUT2D eigenvalue weighted by molar-refractivity contribution is 0.0728. The molecular formula is C18H19N3O. The van der Waals surface area contributed by atoms with Gasteiger partial charge in [-0.1, -0.05) is 48.0 Å². The van der Waals surface area contributed by atoms with Crippen molar-refractivity contribution in [3.05, 3.63) is 65.7 Å². The normalized spacial score (nSPS) is 21.5. The molecule has 2 aliphatic rings. The van der Waals surface area contributed by atoms with Gasteiger partial charge in [-0.25, -0.2) is 4.79 Å². The van der Waals surface area contributed by atoms with Crippen LogP contribution in [-0.2, 0) is 0 Å². The molecule has 4 nitrogen and oxygen atoms in total. The number of urea groups is 1. The molecule has 2 aliphatic heterocycles. The summed E-state index contributed by atoms with van der Waals surface area (Å²) < 4.78 is 0. The zero-order chi connectivity index (χ0) is 15.1. The number of rotatable bonds is 2. The molecule has 4 heteroatoms. The van der Waals surface area contributed by atoms with Crippen LogP contribution in [0, 0.1) is 6.92 Å². The molecule has 0 saturated carbocycles. The maximum atomic E-state index is 12.8. The van der Waals surface area contributed by atoms with Crippen LogP contribution in [0.4, 0.5) is 10.5 Å². The lowest BCUT2D eigenvalue weighted by atomic mass is 10.1. The van der Waals surface area contributed by atoms with Crippen molar-refractivity contribution in [3.8, 4) is 0 Å². The van der Waals surface area contributed by atoms with E-state index in [9.17, 15) is 4.79 Å². The van der Waals surface area contributed by atoms with Gasteiger partial charge in [0.2, 0.25) is 0 Å². The smallest absolute Gasteiger partial charge is 0.271 e. The van der Waals surface area contributed by atoms with Crippen molar-refractivity contribution in [2.24, 2.45) is 0 Å². The number of carbonyl (C=O) groups is 1. The van der Waals surface area contributed by atoms with Crippen LogP contribution in [0.2, 0.25) is 0 Å². The number of hydrogen-bond donors (Lipinski definition) is 0. The maximum absolute atomic E-state index is 12.8. The first-order valence-electron chi connectivity index (χ1n) is 7.74. The molecule has 22 heavy (non-hydrogen) atoms. The van der Waals surface area contributed by atoms with Crippen LogP contribution < -0.4 is 4.90 Å². The van der Waals surface area contributed by atoms with Gasteiger partial charge in [0.25, 0.3) is 0 Å². The molecule has 0 spiro atoms. The Labute approximate surface area is 130 Å². The number of fused-ring (bicyclic) bond motifs is 1.